The summed E-state index contributed by atoms with van der Waals surface area (Å²) in [5, 5.41) is 7.78. The Morgan fingerprint density at radius 1 is 1.16 bits per heavy atom. The number of guanidine groups is 1. The van der Waals surface area contributed by atoms with Crippen molar-refractivity contribution in [3.8, 4) is 0 Å². The Balaban J connectivity index is 0.00000312. The summed E-state index contributed by atoms with van der Waals surface area (Å²) < 4.78 is 0. The Kier molecular flexibility index (Phi) is 9.42. The number of rotatable bonds is 6. The Morgan fingerprint density at radius 2 is 1.92 bits per heavy atom. The molecule has 0 radical (unpaired) electrons. The van der Waals surface area contributed by atoms with Gasteiger partial charge in [-0.2, -0.15) is 0 Å². The lowest BCUT2D eigenvalue weighted by Gasteiger charge is -2.12. The first-order valence-corrected chi connectivity index (χ1v) is 9.32. The van der Waals surface area contributed by atoms with Crippen LogP contribution in [0.15, 0.2) is 23.2 Å². The van der Waals surface area contributed by atoms with Crippen LogP contribution in [0.3, 0.4) is 0 Å². The highest BCUT2D eigenvalue weighted by atomic mass is 127. The summed E-state index contributed by atoms with van der Waals surface area (Å²) in [5.74, 6) is 0.854. The first kappa shape index (κ1) is 21.9. The van der Waals surface area contributed by atoms with E-state index in [2.05, 4.69) is 66.5 Å². The van der Waals surface area contributed by atoms with Gasteiger partial charge in [0.2, 0.25) is 0 Å². The van der Waals surface area contributed by atoms with Gasteiger partial charge in [-0.3, -0.25) is 0 Å². The van der Waals surface area contributed by atoms with E-state index in [1.54, 1.807) is 11.3 Å². The maximum absolute atomic E-state index is 4.65. The fourth-order valence-corrected chi connectivity index (χ4v) is 3.40. The van der Waals surface area contributed by atoms with Crippen molar-refractivity contribution in [1.82, 2.24) is 15.6 Å². The second kappa shape index (κ2) is 10.8. The van der Waals surface area contributed by atoms with Crippen molar-refractivity contribution >= 4 is 41.3 Å². The van der Waals surface area contributed by atoms with Crippen LogP contribution in [0.2, 0.25) is 0 Å². The van der Waals surface area contributed by atoms with Crippen LogP contribution in [0, 0.1) is 27.7 Å². The normalized spacial score (nSPS) is 11.2. The average molecular weight is 472 g/mol. The molecule has 0 atom stereocenters. The van der Waals surface area contributed by atoms with Crippen LogP contribution in [0.25, 0.3) is 0 Å². The van der Waals surface area contributed by atoms with Gasteiger partial charge in [0.15, 0.2) is 5.96 Å². The standard InChI is InChI=1S/C19H28N4S.HI/c1-6-20-19(22-12-18-23-15(4)16(5)24-18)21-10-9-17-8-7-13(2)11-14(17)3;/h7-8,11H,6,9-10,12H2,1-5H3,(H2,20,21,22);1H. The van der Waals surface area contributed by atoms with E-state index in [0.29, 0.717) is 6.54 Å². The Hall–Kier alpha value is -1.15. The number of aryl methyl sites for hydroxylation is 4. The van der Waals surface area contributed by atoms with Crippen molar-refractivity contribution in [2.45, 2.75) is 47.6 Å². The van der Waals surface area contributed by atoms with Crippen LogP contribution in [0.1, 0.15) is 39.2 Å². The zero-order chi connectivity index (χ0) is 17.5. The zero-order valence-corrected chi connectivity index (χ0v) is 18.9. The molecule has 0 saturated heterocycles. The third-order valence-corrected chi connectivity index (χ3v) is 5.03. The van der Waals surface area contributed by atoms with Gasteiger partial charge in [0.05, 0.1) is 12.2 Å². The van der Waals surface area contributed by atoms with Crippen LogP contribution in [0.5, 0.6) is 0 Å². The van der Waals surface area contributed by atoms with Crippen molar-refractivity contribution < 1.29 is 0 Å². The molecule has 0 amide bonds. The number of hydrogen-bond donors (Lipinski definition) is 2. The van der Waals surface area contributed by atoms with E-state index >= 15 is 0 Å². The Bertz CT molecular complexity index is 690. The van der Waals surface area contributed by atoms with E-state index in [4.69, 9.17) is 0 Å². The molecule has 0 fully saturated rings. The van der Waals surface area contributed by atoms with Gasteiger partial charge < -0.3 is 10.6 Å². The van der Waals surface area contributed by atoms with Crippen molar-refractivity contribution in [2.24, 2.45) is 4.99 Å². The van der Waals surface area contributed by atoms with Crippen molar-refractivity contribution in [1.29, 1.82) is 0 Å². The molecule has 138 valence electrons. The van der Waals surface area contributed by atoms with Gasteiger partial charge in [-0.25, -0.2) is 9.98 Å². The first-order chi connectivity index (χ1) is 11.5. The highest BCUT2D eigenvalue weighted by Crippen LogP contribution is 2.17. The number of thiazole rings is 1. The number of halogens is 1. The van der Waals surface area contributed by atoms with Crippen molar-refractivity contribution in [2.75, 3.05) is 13.1 Å². The predicted molar refractivity (Wildman–Crippen MR) is 119 cm³/mol. The smallest absolute Gasteiger partial charge is 0.191 e. The van der Waals surface area contributed by atoms with Gasteiger partial charge in [0.1, 0.15) is 5.01 Å². The van der Waals surface area contributed by atoms with E-state index in [1.807, 2.05) is 6.92 Å². The lowest BCUT2D eigenvalue weighted by molar-refractivity contribution is 0.796. The van der Waals surface area contributed by atoms with Gasteiger partial charge in [-0.1, -0.05) is 23.8 Å². The molecule has 4 nitrogen and oxygen atoms in total. The van der Waals surface area contributed by atoms with E-state index in [0.717, 1.165) is 36.2 Å². The minimum Gasteiger partial charge on any atom is -0.357 e. The number of hydrogen-bond acceptors (Lipinski definition) is 3. The second-order valence-corrected chi connectivity index (χ2v) is 7.34. The molecule has 2 aromatic rings. The molecule has 0 aliphatic heterocycles. The number of nitrogens with one attached hydrogen (secondary N) is 2. The summed E-state index contributed by atoms with van der Waals surface area (Å²) in [5.41, 5.74) is 5.16. The van der Waals surface area contributed by atoms with Crippen LogP contribution in [-0.4, -0.2) is 24.0 Å². The molecular formula is C19H29IN4S. The van der Waals surface area contributed by atoms with Gasteiger partial charge in [-0.15, -0.1) is 35.3 Å². The molecule has 0 spiro atoms. The van der Waals surface area contributed by atoms with Crippen molar-refractivity contribution in [3.63, 3.8) is 0 Å². The van der Waals surface area contributed by atoms with Gasteiger partial charge in [-0.05, 0) is 52.2 Å². The van der Waals surface area contributed by atoms with Crippen LogP contribution >= 0.6 is 35.3 Å². The number of aliphatic imine (C=N–C) groups is 1. The molecule has 0 aliphatic rings. The maximum Gasteiger partial charge on any atom is 0.191 e. The SMILES string of the molecule is CCNC(=NCc1nc(C)c(C)s1)NCCc1ccc(C)cc1C.I. The topological polar surface area (TPSA) is 49.3 Å². The zero-order valence-electron chi connectivity index (χ0n) is 15.8. The average Bonchev–Trinajstić information content (AvgIpc) is 2.85. The first-order valence-electron chi connectivity index (χ1n) is 8.50. The van der Waals surface area contributed by atoms with Gasteiger partial charge in [0, 0.05) is 18.0 Å². The molecule has 0 saturated carbocycles. The van der Waals surface area contributed by atoms with Gasteiger partial charge >= 0.3 is 0 Å². The predicted octanol–water partition coefficient (Wildman–Crippen LogP) is 4.29. The van der Waals surface area contributed by atoms with Gasteiger partial charge in [0.25, 0.3) is 0 Å². The third-order valence-electron chi connectivity index (χ3n) is 3.97. The summed E-state index contributed by atoms with van der Waals surface area (Å²) >= 11 is 1.72. The fourth-order valence-electron chi connectivity index (χ4n) is 2.54. The summed E-state index contributed by atoms with van der Waals surface area (Å²) in [4.78, 5) is 10.5. The van der Waals surface area contributed by atoms with Crippen LogP contribution < -0.4 is 10.6 Å². The summed E-state index contributed by atoms with van der Waals surface area (Å²) in [6, 6.07) is 6.63. The number of nitrogens with zero attached hydrogens (tertiary/aromatic N) is 2. The molecule has 0 bridgehead atoms. The van der Waals surface area contributed by atoms with Crippen LogP contribution in [0.4, 0.5) is 0 Å². The van der Waals surface area contributed by atoms with Crippen molar-refractivity contribution in [3.05, 3.63) is 50.5 Å². The quantitative estimate of drug-likeness (QED) is 0.375. The molecule has 0 unspecified atom stereocenters. The summed E-state index contributed by atoms with van der Waals surface area (Å²) in [6.45, 7) is 12.9. The molecule has 1 heterocycles. The second-order valence-electron chi connectivity index (χ2n) is 6.05. The molecule has 2 rings (SSSR count). The van der Waals surface area contributed by atoms with E-state index in [1.165, 1.54) is 21.6 Å². The molecule has 25 heavy (non-hydrogen) atoms. The minimum absolute atomic E-state index is 0. The minimum atomic E-state index is 0. The molecule has 1 aromatic carbocycles. The third kappa shape index (κ3) is 6.93. The molecule has 6 heteroatoms. The largest absolute Gasteiger partial charge is 0.357 e. The highest BCUT2D eigenvalue weighted by Gasteiger charge is 2.04. The lowest BCUT2D eigenvalue weighted by atomic mass is 10.0. The number of benzene rings is 1. The Labute approximate surface area is 172 Å². The molecular weight excluding hydrogens is 443 g/mol. The lowest BCUT2D eigenvalue weighted by Crippen LogP contribution is -2.38. The van der Waals surface area contributed by atoms with E-state index in [9.17, 15) is 0 Å². The monoisotopic (exact) mass is 472 g/mol. The van der Waals surface area contributed by atoms with E-state index in [-0.39, 0.29) is 24.0 Å². The summed E-state index contributed by atoms with van der Waals surface area (Å²) in [6.07, 6.45) is 0.992. The Morgan fingerprint density at radius 3 is 2.52 bits per heavy atom. The molecule has 0 aliphatic carbocycles. The maximum atomic E-state index is 4.65. The molecule has 1 aromatic heterocycles. The highest BCUT2D eigenvalue weighted by molar-refractivity contribution is 14.0. The molecule has 2 N–H and O–H groups in total. The van der Waals surface area contributed by atoms with Crippen LogP contribution in [-0.2, 0) is 13.0 Å². The number of aromatic nitrogens is 1. The fraction of sp³-hybridized carbons (Fsp3) is 0.474. The van der Waals surface area contributed by atoms with E-state index < -0.39 is 0 Å². The summed E-state index contributed by atoms with van der Waals surface area (Å²) in [7, 11) is 0.